The van der Waals surface area contributed by atoms with Crippen LogP contribution in [0, 0.1) is 23.7 Å². The lowest BCUT2D eigenvalue weighted by Gasteiger charge is -2.49. The molecular formula is C34H36O2. The van der Waals surface area contributed by atoms with E-state index in [0.29, 0.717) is 0 Å². The Morgan fingerprint density at radius 1 is 0.333 bits per heavy atom. The quantitative estimate of drug-likeness (QED) is 0.320. The molecule has 1 saturated carbocycles. The fourth-order valence-corrected chi connectivity index (χ4v) is 6.34. The molecule has 0 heterocycles. The fraction of sp³-hybridized carbons (Fsp3) is 0.294. The van der Waals surface area contributed by atoms with E-state index < -0.39 is 12.2 Å². The van der Waals surface area contributed by atoms with E-state index >= 15 is 0 Å². The normalized spacial score (nSPS) is 25.9. The zero-order chi connectivity index (χ0) is 24.7. The predicted octanol–water partition coefficient (Wildman–Crippen LogP) is 6.16. The van der Waals surface area contributed by atoms with Gasteiger partial charge in [0.05, 0.1) is 12.2 Å². The molecule has 4 aromatic rings. The van der Waals surface area contributed by atoms with Gasteiger partial charge >= 0.3 is 0 Å². The van der Waals surface area contributed by atoms with Gasteiger partial charge in [-0.25, -0.2) is 0 Å². The third-order valence-corrected chi connectivity index (χ3v) is 8.13. The topological polar surface area (TPSA) is 40.5 Å². The van der Waals surface area contributed by atoms with Crippen LogP contribution < -0.4 is 0 Å². The molecule has 1 fully saturated rings. The molecule has 36 heavy (non-hydrogen) atoms. The van der Waals surface area contributed by atoms with Crippen LogP contribution in [0.3, 0.4) is 0 Å². The van der Waals surface area contributed by atoms with Gasteiger partial charge in [0.1, 0.15) is 0 Å². The van der Waals surface area contributed by atoms with Crippen LogP contribution in [0.15, 0.2) is 121 Å². The van der Waals surface area contributed by atoms with Crippen LogP contribution in [-0.4, -0.2) is 22.4 Å². The van der Waals surface area contributed by atoms with Crippen LogP contribution in [0.5, 0.6) is 0 Å². The highest BCUT2D eigenvalue weighted by molar-refractivity contribution is 5.23. The predicted molar refractivity (Wildman–Crippen MR) is 147 cm³/mol. The molecule has 0 amide bonds. The maximum Gasteiger partial charge on any atom is 0.0836 e. The Labute approximate surface area is 215 Å². The average Bonchev–Trinajstić information content (AvgIpc) is 2.93. The molecule has 5 rings (SSSR count). The van der Waals surface area contributed by atoms with Crippen molar-refractivity contribution in [3.8, 4) is 0 Å². The first-order valence-corrected chi connectivity index (χ1v) is 13.2. The van der Waals surface area contributed by atoms with Gasteiger partial charge in [-0.3, -0.25) is 0 Å². The molecule has 0 radical (unpaired) electrons. The summed E-state index contributed by atoms with van der Waals surface area (Å²) in [6.45, 7) is 0. The van der Waals surface area contributed by atoms with Gasteiger partial charge in [-0.05, 0) is 71.6 Å². The zero-order valence-corrected chi connectivity index (χ0v) is 20.7. The summed E-state index contributed by atoms with van der Waals surface area (Å²) in [6.07, 6.45) is 1.79. The van der Waals surface area contributed by atoms with E-state index in [1.54, 1.807) is 0 Å². The van der Waals surface area contributed by atoms with Crippen LogP contribution >= 0.6 is 0 Å². The number of benzene rings is 4. The van der Waals surface area contributed by atoms with Crippen molar-refractivity contribution in [1.29, 1.82) is 0 Å². The number of aliphatic hydroxyl groups excluding tert-OH is 2. The molecule has 1 aliphatic rings. The minimum absolute atomic E-state index is 0.0247. The van der Waals surface area contributed by atoms with Crippen LogP contribution in [0.2, 0.25) is 0 Å². The van der Waals surface area contributed by atoms with Crippen LogP contribution in [-0.2, 0) is 25.7 Å². The number of hydrogen-bond donors (Lipinski definition) is 2. The minimum Gasteiger partial charge on any atom is -0.390 e. The van der Waals surface area contributed by atoms with Gasteiger partial charge in [0, 0.05) is 0 Å². The lowest BCUT2D eigenvalue weighted by molar-refractivity contribution is -0.126. The Kier molecular flexibility index (Phi) is 7.95. The number of aliphatic hydroxyl groups is 2. The fourth-order valence-electron chi connectivity index (χ4n) is 6.34. The second-order valence-corrected chi connectivity index (χ2v) is 10.4. The Hall–Kier alpha value is -3.20. The molecule has 0 bridgehead atoms. The molecule has 6 atom stereocenters. The molecule has 184 valence electrons. The van der Waals surface area contributed by atoms with E-state index in [-0.39, 0.29) is 23.7 Å². The van der Waals surface area contributed by atoms with Gasteiger partial charge in [-0.1, -0.05) is 121 Å². The van der Waals surface area contributed by atoms with Crippen molar-refractivity contribution in [2.45, 2.75) is 37.9 Å². The molecule has 2 heteroatoms. The second-order valence-electron chi connectivity index (χ2n) is 10.4. The highest BCUT2D eigenvalue weighted by atomic mass is 16.3. The van der Waals surface area contributed by atoms with E-state index in [9.17, 15) is 10.2 Å². The minimum atomic E-state index is -0.764. The Morgan fingerprint density at radius 3 is 0.806 bits per heavy atom. The van der Waals surface area contributed by atoms with Gasteiger partial charge in [0.15, 0.2) is 0 Å². The van der Waals surface area contributed by atoms with E-state index in [1.165, 1.54) is 22.3 Å². The number of rotatable bonds is 8. The van der Waals surface area contributed by atoms with Crippen LogP contribution in [0.25, 0.3) is 0 Å². The molecule has 0 spiro atoms. The summed E-state index contributed by atoms with van der Waals surface area (Å²) in [4.78, 5) is 0. The van der Waals surface area contributed by atoms with Crippen molar-refractivity contribution in [2.75, 3.05) is 0 Å². The lowest BCUT2D eigenvalue weighted by Crippen LogP contribution is -2.55. The summed E-state index contributed by atoms with van der Waals surface area (Å²) in [7, 11) is 0. The van der Waals surface area contributed by atoms with Gasteiger partial charge in [0.2, 0.25) is 0 Å². The summed E-state index contributed by atoms with van der Waals surface area (Å²) in [5, 5.41) is 23.3. The molecule has 2 nitrogen and oxygen atoms in total. The second kappa shape index (κ2) is 11.7. The first-order valence-electron chi connectivity index (χ1n) is 13.2. The molecular weight excluding hydrogens is 440 g/mol. The largest absolute Gasteiger partial charge is 0.390 e. The molecule has 0 aliphatic heterocycles. The lowest BCUT2D eigenvalue weighted by atomic mass is 9.58. The van der Waals surface area contributed by atoms with Crippen molar-refractivity contribution >= 4 is 0 Å². The molecule has 4 aromatic carbocycles. The molecule has 2 N–H and O–H groups in total. The van der Waals surface area contributed by atoms with Crippen LogP contribution in [0.1, 0.15) is 22.3 Å². The smallest absolute Gasteiger partial charge is 0.0836 e. The van der Waals surface area contributed by atoms with Crippen LogP contribution in [0.4, 0.5) is 0 Å². The van der Waals surface area contributed by atoms with Gasteiger partial charge in [0.25, 0.3) is 0 Å². The highest BCUT2D eigenvalue weighted by Crippen LogP contribution is 2.45. The third kappa shape index (κ3) is 5.78. The standard InChI is InChI=1S/C34H36O2/c35-33-31(23-27-17-9-3-10-18-27)29(21-25-13-5-1-6-14-25)30(22-26-15-7-2-8-16-26)32(34(33)36)24-28-19-11-4-12-20-28/h1-20,29-36H,21-24H2/t29-,30-,31-,32-,33-,34+/m1/s1. The summed E-state index contributed by atoms with van der Waals surface area (Å²) < 4.78 is 0. The summed E-state index contributed by atoms with van der Waals surface area (Å²) in [5.41, 5.74) is 5.01. The molecule has 0 saturated heterocycles. The van der Waals surface area contributed by atoms with Crippen molar-refractivity contribution in [1.82, 2.24) is 0 Å². The molecule has 0 unspecified atom stereocenters. The van der Waals surface area contributed by atoms with Crippen molar-refractivity contribution < 1.29 is 10.2 Å². The van der Waals surface area contributed by atoms with E-state index in [1.807, 2.05) is 12.1 Å². The highest BCUT2D eigenvalue weighted by Gasteiger charge is 2.48. The maximum absolute atomic E-state index is 11.6. The summed E-state index contributed by atoms with van der Waals surface area (Å²) in [5.74, 6) is 0.423. The average molecular weight is 477 g/mol. The van der Waals surface area contributed by atoms with Gasteiger partial charge in [-0.2, -0.15) is 0 Å². The third-order valence-electron chi connectivity index (χ3n) is 8.13. The van der Waals surface area contributed by atoms with E-state index in [2.05, 4.69) is 109 Å². The van der Waals surface area contributed by atoms with Crippen molar-refractivity contribution in [3.05, 3.63) is 144 Å². The van der Waals surface area contributed by atoms with E-state index in [4.69, 9.17) is 0 Å². The molecule has 0 aromatic heterocycles. The summed E-state index contributed by atoms with van der Waals surface area (Å²) >= 11 is 0. The monoisotopic (exact) mass is 476 g/mol. The number of hydrogen-bond acceptors (Lipinski definition) is 2. The first-order chi connectivity index (χ1) is 17.7. The van der Waals surface area contributed by atoms with Crippen molar-refractivity contribution in [3.63, 3.8) is 0 Å². The van der Waals surface area contributed by atoms with Crippen molar-refractivity contribution in [2.24, 2.45) is 23.7 Å². The molecule has 1 aliphatic carbocycles. The first kappa shape index (κ1) is 24.5. The summed E-state index contributed by atoms with van der Waals surface area (Å²) in [6, 6.07) is 42.2. The Balaban J connectivity index is 1.55. The Bertz CT molecular complexity index is 1080. The maximum atomic E-state index is 11.6. The van der Waals surface area contributed by atoms with Gasteiger partial charge < -0.3 is 10.2 Å². The zero-order valence-electron chi connectivity index (χ0n) is 20.7. The Morgan fingerprint density at radius 2 is 0.556 bits per heavy atom. The van der Waals surface area contributed by atoms with E-state index in [0.717, 1.165) is 25.7 Å². The van der Waals surface area contributed by atoms with Gasteiger partial charge in [-0.15, -0.1) is 0 Å². The SMILES string of the molecule is O[C@@H]1[C@H](O)[C@H](Cc2ccccc2)[C@H](Cc2ccccc2)[C@@H](Cc2ccccc2)[C@H]1Cc1ccccc1.